The van der Waals surface area contributed by atoms with Gasteiger partial charge in [0.1, 0.15) is 5.83 Å². The van der Waals surface area contributed by atoms with Crippen molar-refractivity contribution in [3.05, 3.63) is 35.5 Å². The van der Waals surface area contributed by atoms with Crippen molar-refractivity contribution in [3.8, 4) is 0 Å². The molecule has 0 aromatic carbocycles. The lowest BCUT2D eigenvalue weighted by atomic mass is 10.3. The molecule has 0 heterocycles. The van der Waals surface area contributed by atoms with Crippen LogP contribution in [0.4, 0.5) is 4.39 Å². The number of hydrogen-bond donors (Lipinski definition) is 0. The standard InChI is InChI=1S/C9H13FO2S/c1-4-5-6-9(7-8(2)10)13(3,11)12/h5-7H,2,4H2,1,3H3/b6-5-,9-7+. The van der Waals surface area contributed by atoms with Crippen molar-refractivity contribution in [1.29, 1.82) is 0 Å². The summed E-state index contributed by atoms with van der Waals surface area (Å²) in [6, 6.07) is 0. The molecular weight excluding hydrogens is 191 g/mol. The molecular formula is C9H13FO2S. The van der Waals surface area contributed by atoms with E-state index in [2.05, 4.69) is 6.58 Å². The molecule has 0 aromatic rings. The molecule has 0 saturated heterocycles. The van der Waals surface area contributed by atoms with Crippen LogP contribution in [0.25, 0.3) is 0 Å². The van der Waals surface area contributed by atoms with Gasteiger partial charge in [0.2, 0.25) is 0 Å². The molecule has 0 aliphatic carbocycles. The first kappa shape index (κ1) is 12.1. The van der Waals surface area contributed by atoms with E-state index in [0.29, 0.717) is 6.42 Å². The maximum atomic E-state index is 12.3. The number of rotatable bonds is 4. The molecule has 0 aliphatic rings. The van der Waals surface area contributed by atoms with Crippen LogP contribution in [0.1, 0.15) is 13.3 Å². The number of halogens is 1. The molecule has 0 atom stereocenters. The summed E-state index contributed by atoms with van der Waals surface area (Å²) < 4.78 is 34.4. The average Bonchev–Trinajstić information content (AvgIpc) is 1.95. The Labute approximate surface area is 78.4 Å². The maximum Gasteiger partial charge on any atom is 0.175 e. The van der Waals surface area contributed by atoms with E-state index in [0.717, 1.165) is 12.3 Å². The van der Waals surface area contributed by atoms with E-state index in [9.17, 15) is 12.8 Å². The highest BCUT2D eigenvalue weighted by atomic mass is 32.2. The van der Waals surface area contributed by atoms with Gasteiger partial charge in [0.15, 0.2) is 9.84 Å². The van der Waals surface area contributed by atoms with Gasteiger partial charge in [-0.05, 0) is 18.6 Å². The van der Waals surface area contributed by atoms with Crippen LogP contribution >= 0.6 is 0 Å². The van der Waals surface area contributed by atoms with E-state index in [1.165, 1.54) is 6.08 Å². The van der Waals surface area contributed by atoms with Crippen molar-refractivity contribution >= 4 is 9.84 Å². The zero-order chi connectivity index (χ0) is 10.5. The van der Waals surface area contributed by atoms with Gasteiger partial charge >= 0.3 is 0 Å². The van der Waals surface area contributed by atoms with E-state index in [4.69, 9.17) is 0 Å². The maximum absolute atomic E-state index is 12.3. The molecule has 0 bridgehead atoms. The quantitative estimate of drug-likeness (QED) is 0.659. The van der Waals surface area contributed by atoms with Gasteiger partial charge in [0.25, 0.3) is 0 Å². The topological polar surface area (TPSA) is 34.1 Å². The summed E-state index contributed by atoms with van der Waals surface area (Å²) in [7, 11) is -3.36. The largest absolute Gasteiger partial charge is 0.224 e. The van der Waals surface area contributed by atoms with Crippen LogP contribution in [0.15, 0.2) is 35.5 Å². The van der Waals surface area contributed by atoms with Crippen molar-refractivity contribution in [3.63, 3.8) is 0 Å². The van der Waals surface area contributed by atoms with Crippen LogP contribution in [0.5, 0.6) is 0 Å². The molecule has 0 amide bonds. The van der Waals surface area contributed by atoms with E-state index in [-0.39, 0.29) is 4.91 Å². The predicted molar refractivity (Wildman–Crippen MR) is 52.6 cm³/mol. The van der Waals surface area contributed by atoms with Gasteiger partial charge in [-0.25, -0.2) is 12.8 Å². The summed E-state index contributed by atoms with van der Waals surface area (Å²) in [5.74, 6) is -0.763. The van der Waals surface area contributed by atoms with Crippen molar-refractivity contribution < 1.29 is 12.8 Å². The van der Waals surface area contributed by atoms with Gasteiger partial charge in [-0.15, -0.1) is 0 Å². The lowest BCUT2D eigenvalue weighted by molar-refractivity contribution is 0.607. The fourth-order valence-electron chi connectivity index (χ4n) is 0.667. The summed E-state index contributed by atoms with van der Waals surface area (Å²) in [5, 5.41) is 0. The Balaban J connectivity index is 5.00. The van der Waals surface area contributed by atoms with Crippen LogP contribution in [-0.4, -0.2) is 14.7 Å². The Kier molecular flexibility index (Phi) is 4.62. The monoisotopic (exact) mass is 204 g/mol. The minimum atomic E-state index is -3.36. The van der Waals surface area contributed by atoms with E-state index in [1.807, 2.05) is 6.92 Å². The third kappa shape index (κ3) is 5.36. The summed E-state index contributed by atoms with van der Waals surface area (Å²) in [5.41, 5.74) is 0. The van der Waals surface area contributed by atoms with Gasteiger partial charge in [0.05, 0.1) is 4.91 Å². The Hall–Kier alpha value is -0.900. The van der Waals surface area contributed by atoms with Gasteiger partial charge in [-0.2, -0.15) is 0 Å². The highest BCUT2D eigenvalue weighted by Gasteiger charge is 2.07. The predicted octanol–water partition coefficient (Wildman–Crippen LogP) is 2.36. The van der Waals surface area contributed by atoms with Crippen molar-refractivity contribution in [2.75, 3.05) is 6.26 Å². The lowest BCUT2D eigenvalue weighted by Gasteiger charge is -1.97. The average molecular weight is 204 g/mol. The van der Waals surface area contributed by atoms with Crippen LogP contribution in [-0.2, 0) is 9.84 Å². The number of allylic oxidation sites excluding steroid dienone is 4. The smallest absolute Gasteiger partial charge is 0.175 e. The van der Waals surface area contributed by atoms with Gasteiger partial charge in [-0.3, -0.25) is 0 Å². The first-order valence-corrected chi connectivity index (χ1v) is 5.69. The van der Waals surface area contributed by atoms with Gasteiger partial charge in [-0.1, -0.05) is 19.6 Å². The molecule has 0 rings (SSSR count). The zero-order valence-corrected chi connectivity index (χ0v) is 8.57. The molecule has 0 aromatic heterocycles. The molecule has 4 heteroatoms. The minimum Gasteiger partial charge on any atom is -0.224 e. The number of sulfone groups is 1. The fourth-order valence-corrected chi connectivity index (χ4v) is 1.35. The molecule has 2 nitrogen and oxygen atoms in total. The summed E-state index contributed by atoms with van der Waals surface area (Å²) in [6.45, 7) is 4.84. The SMILES string of the molecule is C=C(F)/C=C(\C=C/CC)S(C)(=O)=O. The first-order chi connectivity index (χ1) is 5.88. The van der Waals surface area contributed by atoms with E-state index < -0.39 is 15.7 Å². The third-order valence-electron chi connectivity index (χ3n) is 1.24. The van der Waals surface area contributed by atoms with Crippen LogP contribution < -0.4 is 0 Å². The normalized spacial score (nSPS) is 13.6. The highest BCUT2D eigenvalue weighted by Crippen LogP contribution is 2.10. The van der Waals surface area contributed by atoms with Crippen molar-refractivity contribution in [2.24, 2.45) is 0 Å². The fraction of sp³-hybridized carbons (Fsp3) is 0.333. The molecule has 0 aliphatic heterocycles. The van der Waals surface area contributed by atoms with Gasteiger partial charge < -0.3 is 0 Å². The number of hydrogen-bond acceptors (Lipinski definition) is 2. The van der Waals surface area contributed by atoms with Crippen molar-refractivity contribution in [1.82, 2.24) is 0 Å². The van der Waals surface area contributed by atoms with Gasteiger partial charge in [0, 0.05) is 6.26 Å². The first-order valence-electron chi connectivity index (χ1n) is 3.80. The molecule has 0 N–H and O–H groups in total. The van der Waals surface area contributed by atoms with Crippen LogP contribution in [0, 0.1) is 0 Å². The second-order valence-corrected chi connectivity index (χ2v) is 4.59. The summed E-state index contributed by atoms with van der Waals surface area (Å²) in [4.78, 5) is -0.0538. The molecule has 13 heavy (non-hydrogen) atoms. The Morgan fingerprint density at radius 1 is 1.54 bits per heavy atom. The molecule has 0 spiro atoms. The molecule has 0 fully saturated rings. The minimum absolute atomic E-state index is 0.0538. The molecule has 0 saturated carbocycles. The van der Waals surface area contributed by atoms with Crippen LogP contribution in [0.3, 0.4) is 0 Å². The lowest BCUT2D eigenvalue weighted by Crippen LogP contribution is -1.98. The van der Waals surface area contributed by atoms with Crippen molar-refractivity contribution in [2.45, 2.75) is 13.3 Å². The van der Waals surface area contributed by atoms with Crippen LogP contribution in [0.2, 0.25) is 0 Å². The zero-order valence-electron chi connectivity index (χ0n) is 7.75. The Morgan fingerprint density at radius 2 is 2.08 bits per heavy atom. The molecule has 74 valence electrons. The summed E-state index contributed by atoms with van der Waals surface area (Å²) in [6.07, 6.45) is 5.66. The third-order valence-corrected chi connectivity index (χ3v) is 2.36. The summed E-state index contributed by atoms with van der Waals surface area (Å²) >= 11 is 0. The molecule has 0 unspecified atom stereocenters. The molecule has 0 radical (unpaired) electrons. The van der Waals surface area contributed by atoms with E-state index >= 15 is 0 Å². The second-order valence-electron chi connectivity index (χ2n) is 2.58. The Bertz CT molecular complexity index is 337. The van der Waals surface area contributed by atoms with E-state index in [1.54, 1.807) is 6.08 Å². The Morgan fingerprint density at radius 3 is 2.38 bits per heavy atom. The second kappa shape index (κ2) is 4.97. The highest BCUT2D eigenvalue weighted by molar-refractivity contribution is 7.94.